The number of nitrogens with zero attached hydrogens (tertiary/aromatic N) is 4. The number of hydrogen-bond donors (Lipinski definition) is 0. The van der Waals surface area contributed by atoms with Crippen LogP contribution in [0.5, 0.6) is 11.5 Å². The van der Waals surface area contributed by atoms with E-state index >= 15 is 0 Å². The summed E-state index contributed by atoms with van der Waals surface area (Å²) >= 11 is 0. The van der Waals surface area contributed by atoms with Crippen LogP contribution >= 0.6 is 13.5 Å². The highest BCUT2D eigenvalue weighted by molar-refractivity contribution is 8.00. The number of ether oxygens (including phenoxy) is 2. The van der Waals surface area contributed by atoms with Crippen molar-refractivity contribution in [3.8, 4) is 11.5 Å². The minimum atomic E-state index is -1.17. The van der Waals surface area contributed by atoms with Gasteiger partial charge in [0.1, 0.15) is 21.6 Å². The maximum atomic E-state index is 12.7. The van der Waals surface area contributed by atoms with E-state index in [1.54, 1.807) is 26.6 Å². The van der Waals surface area contributed by atoms with Crippen LogP contribution in [-0.4, -0.2) is 42.7 Å². The van der Waals surface area contributed by atoms with Crippen LogP contribution in [0, 0.1) is 41.5 Å². The Balaban J connectivity index is 0.000000208. The molecule has 47 heavy (non-hydrogen) atoms. The van der Waals surface area contributed by atoms with Gasteiger partial charge >= 0.3 is 0 Å². The molecule has 2 aromatic carbocycles. The van der Waals surface area contributed by atoms with E-state index in [9.17, 15) is 8.42 Å². The summed E-state index contributed by atoms with van der Waals surface area (Å²) in [6, 6.07) is 12.3. The van der Waals surface area contributed by atoms with Crippen LogP contribution in [0.1, 0.15) is 55.9 Å². The maximum absolute atomic E-state index is 12.7. The average Bonchev–Trinajstić information content (AvgIpc) is 3.65. The van der Waals surface area contributed by atoms with Crippen molar-refractivity contribution in [2.24, 2.45) is 9.98 Å². The third-order valence-electron chi connectivity index (χ3n) is 8.20. The molecule has 4 heterocycles. The van der Waals surface area contributed by atoms with Crippen molar-refractivity contribution in [3.05, 3.63) is 105 Å². The quantitative estimate of drug-likeness (QED) is 0.212. The topological polar surface area (TPSA) is 103 Å². The number of benzene rings is 2. The molecule has 8 nitrogen and oxygen atoms in total. The van der Waals surface area contributed by atoms with Gasteiger partial charge < -0.3 is 9.47 Å². The molecule has 2 aliphatic heterocycles. The zero-order chi connectivity index (χ0) is 33.1. The standard InChI is InChI=1S/2C18H20N2O2S.H2S/c2*1-11-5-6-15-14(7-11)8-17(20-15)23(21)10-16-13(3)18(22-4)12(2)9-19-16;/h2*5-7,9H,8,10H2,1-4H3;1H2/t23-;;/m0../s1. The van der Waals surface area contributed by atoms with Gasteiger partial charge in [0.2, 0.25) is 0 Å². The minimum Gasteiger partial charge on any atom is -0.496 e. The Labute approximate surface area is 289 Å². The summed E-state index contributed by atoms with van der Waals surface area (Å²) in [5.41, 5.74) is 12.1. The molecule has 11 heteroatoms. The van der Waals surface area contributed by atoms with Crippen LogP contribution < -0.4 is 9.47 Å². The molecule has 0 saturated carbocycles. The fourth-order valence-electron chi connectivity index (χ4n) is 5.71. The van der Waals surface area contributed by atoms with Gasteiger partial charge in [0.25, 0.3) is 0 Å². The van der Waals surface area contributed by atoms with Crippen molar-refractivity contribution in [1.82, 2.24) is 9.97 Å². The largest absolute Gasteiger partial charge is 0.496 e. The van der Waals surface area contributed by atoms with Crippen LogP contribution in [0.25, 0.3) is 0 Å². The number of aromatic nitrogens is 2. The van der Waals surface area contributed by atoms with Gasteiger partial charge in [0.05, 0.1) is 70.1 Å². The molecule has 2 atom stereocenters. The van der Waals surface area contributed by atoms with E-state index in [1.165, 1.54) is 11.1 Å². The van der Waals surface area contributed by atoms with Gasteiger partial charge in [-0.15, -0.1) is 0 Å². The van der Waals surface area contributed by atoms with Crippen LogP contribution in [0.3, 0.4) is 0 Å². The molecule has 6 rings (SSSR count). The first kappa shape index (κ1) is 36.2. The Bertz CT molecular complexity index is 1800. The van der Waals surface area contributed by atoms with Crippen LogP contribution in [-0.2, 0) is 45.9 Å². The summed E-state index contributed by atoms with van der Waals surface area (Å²) in [7, 11) is 0.949. The molecule has 0 N–H and O–H groups in total. The molecule has 0 saturated heterocycles. The lowest BCUT2D eigenvalue weighted by atomic mass is 10.1. The summed E-state index contributed by atoms with van der Waals surface area (Å²) in [6.45, 7) is 11.9. The van der Waals surface area contributed by atoms with Crippen molar-refractivity contribution in [2.75, 3.05) is 14.2 Å². The van der Waals surface area contributed by atoms with E-state index in [4.69, 9.17) is 9.47 Å². The van der Waals surface area contributed by atoms with E-state index in [-0.39, 0.29) is 13.5 Å². The minimum absolute atomic E-state index is 0. The van der Waals surface area contributed by atoms with Crippen molar-refractivity contribution in [1.29, 1.82) is 0 Å². The molecule has 0 amide bonds. The lowest BCUT2D eigenvalue weighted by Gasteiger charge is -2.12. The van der Waals surface area contributed by atoms with Gasteiger partial charge in [0, 0.05) is 47.5 Å². The Kier molecular flexibility index (Phi) is 11.9. The lowest BCUT2D eigenvalue weighted by Crippen LogP contribution is -2.12. The van der Waals surface area contributed by atoms with E-state index in [1.807, 2.05) is 52.0 Å². The van der Waals surface area contributed by atoms with Crippen LogP contribution in [0.2, 0.25) is 0 Å². The molecule has 1 unspecified atom stereocenters. The van der Waals surface area contributed by atoms with Crippen molar-refractivity contribution >= 4 is 56.6 Å². The molecule has 0 fully saturated rings. The molecule has 2 aliphatic rings. The second kappa shape index (κ2) is 15.5. The highest BCUT2D eigenvalue weighted by Gasteiger charge is 2.23. The molecule has 0 spiro atoms. The second-order valence-electron chi connectivity index (χ2n) is 11.7. The van der Waals surface area contributed by atoms with Gasteiger partial charge in [-0.2, -0.15) is 13.5 Å². The third kappa shape index (κ3) is 8.08. The Morgan fingerprint density at radius 1 is 0.638 bits per heavy atom. The smallest absolute Gasteiger partial charge is 0.128 e. The SMILES string of the molecule is COc1c(C)cnc(CS(=O)C2=Nc3ccc(C)cc3C2)c1C.COc1c(C)cnc(C[S@](=O)C2=Nc3ccc(C)cc3C2)c1C.S. The number of fused-ring (bicyclic) bond motifs is 2. The number of pyridine rings is 2. The molecule has 2 aromatic heterocycles. The Morgan fingerprint density at radius 3 is 1.38 bits per heavy atom. The van der Waals surface area contributed by atoms with E-state index in [0.29, 0.717) is 24.3 Å². The monoisotopic (exact) mass is 690 g/mol. The predicted molar refractivity (Wildman–Crippen MR) is 199 cm³/mol. The summed E-state index contributed by atoms with van der Waals surface area (Å²) in [5.74, 6) is 2.38. The third-order valence-corrected chi connectivity index (χ3v) is 10.8. The highest BCUT2D eigenvalue weighted by Crippen LogP contribution is 2.32. The number of aliphatic imine (C=N–C) groups is 2. The number of hydrogen-bond acceptors (Lipinski definition) is 8. The number of aryl methyl sites for hydroxylation is 4. The second-order valence-corrected chi connectivity index (χ2v) is 14.6. The lowest BCUT2D eigenvalue weighted by molar-refractivity contribution is 0.407. The first-order valence-corrected chi connectivity index (χ1v) is 17.7. The Hall–Kier alpha value is -3.67. The maximum Gasteiger partial charge on any atom is 0.128 e. The summed E-state index contributed by atoms with van der Waals surface area (Å²) in [5, 5.41) is 1.46. The predicted octanol–water partition coefficient (Wildman–Crippen LogP) is 7.21. The summed E-state index contributed by atoms with van der Waals surface area (Å²) in [6.07, 6.45) is 4.86. The van der Waals surface area contributed by atoms with E-state index in [0.717, 1.165) is 77.7 Å². The van der Waals surface area contributed by atoms with Crippen molar-refractivity contribution in [2.45, 2.75) is 65.9 Å². The van der Waals surface area contributed by atoms with Crippen molar-refractivity contribution in [3.63, 3.8) is 0 Å². The van der Waals surface area contributed by atoms with Crippen LogP contribution in [0.4, 0.5) is 11.4 Å². The molecular formula is C36H42N4O4S3. The van der Waals surface area contributed by atoms with E-state index in [2.05, 4.69) is 45.9 Å². The zero-order valence-corrected chi connectivity index (χ0v) is 30.8. The molecule has 0 radical (unpaired) electrons. The molecular weight excluding hydrogens is 649 g/mol. The first-order valence-electron chi connectivity index (χ1n) is 15.1. The highest BCUT2D eigenvalue weighted by atomic mass is 32.2. The van der Waals surface area contributed by atoms with Gasteiger partial charge in [-0.05, 0) is 64.8 Å². The molecule has 0 bridgehead atoms. The fourth-order valence-corrected chi connectivity index (χ4v) is 8.16. The van der Waals surface area contributed by atoms with Crippen LogP contribution in [0.15, 0.2) is 58.8 Å². The van der Waals surface area contributed by atoms with Gasteiger partial charge in [-0.1, -0.05) is 35.4 Å². The summed E-state index contributed by atoms with van der Waals surface area (Å²) in [4.78, 5) is 17.9. The zero-order valence-electron chi connectivity index (χ0n) is 28.2. The summed E-state index contributed by atoms with van der Waals surface area (Å²) < 4.78 is 36.2. The van der Waals surface area contributed by atoms with Gasteiger partial charge in [-0.25, -0.2) is 9.98 Å². The first-order chi connectivity index (χ1) is 22.0. The molecule has 4 aromatic rings. The normalized spacial score (nSPS) is 14.0. The fraction of sp³-hybridized carbons (Fsp3) is 0.333. The number of methoxy groups -OCH3 is 2. The van der Waals surface area contributed by atoms with Crippen molar-refractivity contribution < 1.29 is 17.9 Å². The Morgan fingerprint density at radius 2 is 1.02 bits per heavy atom. The molecule has 248 valence electrons. The molecule has 0 aliphatic carbocycles. The average molecular weight is 691 g/mol. The van der Waals surface area contributed by atoms with E-state index < -0.39 is 21.6 Å². The van der Waals surface area contributed by atoms with Gasteiger partial charge in [-0.3, -0.25) is 18.4 Å². The number of rotatable bonds is 6. The van der Waals surface area contributed by atoms with Gasteiger partial charge in [0.15, 0.2) is 0 Å².